The minimum absolute atomic E-state index is 0.0738. The number of aromatic nitrogens is 2. The van der Waals surface area contributed by atoms with Gasteiger partial charge in [0, 0.05) is 12.1 Å². The van der Waals surface area contributed by atoms with Crippen molar-refractivity contribution in [2.24, 2.45) is 5.10 Å². The number of aromatic amines is 1. The van der Waals surface area contributed by atoms with Crippen LogP contribution in [-0.4, -0.2) is 25.7 Å². The zero-order chi connectivity index (χ0) is 21.1. The molecule has 0 bridgehead atoms. The Kier molecular flexibility index (Phi) is 5.06. The Hall–Kier alpha value is -4.31. The molecule has 2 aromatic carbocycles. The van der Waals surface area contributed by atoms with Crippen molar-refractivity contribution in [1.29, 1.82) is 0 Å². The number of nitro benzene ring substituents is 1. The number of nitro groups is 1. The molecule has 0 aliphatic heterocycles. The lowest BCUT2D eigenvalue weighted by molar-refractivity contribution is -0.384. The van der Waals surface area contributed by atoms with Crippen molar-refractivity contribution in [1.82, 2.24) is 9.97 Å². The lowest BCUT2D eigenvalue weighted by Gasteiger charge is -2.12. The summed E-state index contributed by atoms with van der Waals surface area (Å²) in [5.41, 5.74) is 2.85. The average molecular weight is 405 g/mol. The van der Waals surface area contributed by atoms with Crippen molar-refractivity contribution in [3.63, 3.8) is 0 Å². The number of non-ortho nitro benzene ring substituents is 1. The summed E-state index contributed by atoms with van der Waals surface area (Å²) in [6, 6.07) is 16.0. The first-order valence-electron chi connectivity index (χ1n) is 8.82. The molecule has 0 unspecified atom stereocenters. The number of nitrogens with one attached hydrogen (secondary N) is 2. The highest BCUT2D eigenvalue weighted by molar-refractivity contribution is 6.03. The average Bonchev–Trinajstić information content (AvgIpc) is 3.29. The maximum Gasteiger partial charge on any atom is 0.276 e. The van der Waals surface area contributed by atoms with E-state index < -0.39 is 16.6 Å². The van der Waals surface area contributed by atoms with E-state index in [0.717, 1.165) is 0 Å². The predicted molar refractivity (Wildman–Crippen MR) is 109 cm³/mol. The maximum atomic E-state index is 12.7. The van der Waals surface area contributed by atoms with Gasteiger partial charge in [-0.2, -0.15) is 5.10 Å². The first kappa shape index (κ1) is 19.0. The SMILES string of the molecule is O=c1[nH]c2cc([N+](=O)[O-])ccc2nc1/C(=N\Nc1ccccc1)[C@H](O)c1ccco1. The van der Waals surface area contributed by atoms with Crippen molar-refractivity contribution in [2.45, 2.75) is 6.10 Å². The van der Waals surface area contributed by atoms with Crippen molar-refractivity contribution in [2.75, 3.05) is 5.43 Å². The third-order valence-corrected chi connectivity index (χ3v) is 4.28. The van der Waals surface area contributed by atoms with Crippen LogP contribution in [0.2, 0.25) is 0 Å². The molecule has 1 atom stereocenters. The summed E-state index contributed by atoms with van der Waals surface area (Å²) in [6.07, 6.45) is 0.0122. The maximum absolute atomic E-state index is 12.7. The van der Waals surface area contributed by atoms with Crippen molar-refractivity contribution < 1.29 is 14.4 Å². The molecule has 4 aromatic rings. The number of rotatable bonds is 6. The van der Waals surface area contributed by atoms with Crippen LogP contribution in [0.1, 0.15) is 17.6 Å². The first-order valence-corrected chi connectivity index (χ1v) is 8.82. The van der Waals surface area contributed by atoms with Gasteiger partial charge < -0.3 is 14.5 Å². The Morgan fingerprint density at radius 2 is 2.00 bits per heavy atom. The summed E-state index contributed by atoms with van der Waals surface area (Å²) >= 11 is 0. The summed E-state index contributed by atoms with van der Waals surface area (Å²) in [7, 11) is 0. The van der Waals surface area contributed by atoms with Crippen molar-refractivity contribution in [3.05, 3.63) is 98.8 Å². The van der Waals surface area contributed by atoms with Crippen LogP contribution < -0.4 is 11.0 Å². The van der Waals surface area contributed by atoms with Gasteiger partial charge in [0.2, 0.25) is 0 Å². The summed E-state index contributed by atoms with van der Waals surface area (Å²) < 4.78 is 5.25. The van der Waals surface area contributed by atoms with Crippen LogP contribution in [0, 0.1) is 10.1 Å². The van der Waals surface area contributed by atoms with Gasteiger partial charge in [-0.25, -0.2) is 4.98 Å². The van der Waals surface area contributed by atoms with Crippen LogP contribution >= 0.6 is 0 Å². The highest BCUT2D eigenvalue weighted by atomic mass is 16.6. The first-order chi connectivity index (χ1) is 14.5. The number of fused-ring (bicyclic) bond motifs is 1. The summed E-state index contributed by atoms with van der Waals surface area (Å²) in [5, 5.41) is 25.9. The van der Waals surface area contributed by atoms with Crippen molar-refractivity contribution >= 4 is 28.1 Å². The number of aliphatic hydroxyl groups is 1. The molecule has 0 spiro atoms. The molecule has 150 valence electrons. The Bertz CT molecular complexity index is 1280. The van der Waals surface area contributed by atoms with Gasteiger partial charge in [-0.05, 0) is 30.3 Å². The van der Waals surface area contributed by atoms with Crippen LogP contribution in [-0.2, 0) is 0 Å². The second kappa shape index (κ2) is 7.97. The van der Waals surface area contributed by atoms with Crippen LogP contribution in [0.25, 0.3) is 11.0 Å². The minimum Gasteiger partial charge on any atom is -0.466 e. The molecule has 0 saturated carbocycles. The highest BCUT2D eigenvalue weighted by Gasteiger charge is 2.25. The number of benzene rings is 2. The molecule has 30 heavy (non-hydrogen) atoms. The third kappa shape index (κ3) is 3.80. The molecule has 0 amide bonds. The second-order valence-corrected chi connectivity index (χ2v) is 6.27. The minimum atomic E-state index is -1.37. The van der Waals surface area contributed by atoms with E-state index in [1.807, 2.05) is 6.07 Å². The fraction of sp³-hybridized carbons (Fsp3) is 0.0500. The fourth-order valence-electron chi connectivity index (χ4n) is 2.82. The molecule has 4 rings (SSSR count). The third-order valence-electron chi connectivity index (χ3n) is 4.28. The topological polar surface area (TPSA) is 147 Å². The smallest absolute Gasteiger partial charge is 0.276 e. The highest BCUT2D eigenvalue weighted by Crippen LogP contribution is 2.21. The van der Waals surface area contributed by atoms with Gasteiger partial charge in [0.05, 0.1) is 27.9 Å². The molecule has 0 fully saturated rings. The fourth-order valence-corrected chi connectivity index (χ4v) is 2.82. The van der Waals surface area contributed by atoms with Gasteiger partial charge in [-0.3, -0.25) is 20.3 Å². The Balaban J connectivity index is 1.82. The molecule has 0 aliphatic rings. The molecule has 0 radical (unpaired) electrons. The van der Waals surface area contributed by atoms with Gasteiger partial charge in [-0.15, -0.1) is 0 Å². The number of aliphatic hydroxyl groups excluding tert-OH is 1. The van der Waals surface area contributed by atoms with Gasteiger partial charge >= 0.3 is 0 Å². The number of hydrogen-bond acceptors (Lipinski definition) is 8. The van der Waals surface area contributed by atoms with E-state index in [9.17, 15) is 20.0 Å². The molecule has 2 aromatic heterocycles. The molecule has 10 heteroatoms. The lowest BCUT2D eigenvalue weighted by Crippen LogP contribution is -2.26. The Morgan fingerprint density at radius 3 is 2.70 bits per heavy atom. The number of anilines is 1. The number of furan rings is 1. The summed E-state index contributed by atoms with van der Waals surface area (Å²) in [5.74, 6) is 0.175. The molecule has 0 aliphatic carbocycles. The van der Waals surface area contributed by atoms with E-state index in [1.165, 1.54) is 24.5 Å². The molecular formula is C20H15N5O5. The molecule has 2 heterocycles. The van der Waals surface area contributed by atoms with Gasteiger partial charge in [0.1, 0.15) is 11.5 Å². The van der Waals surface area contributed by atoms with Crippen LogP contribution in [0.15, 0.2) is 81.2 Å². The zero-order valence-corrected chi connectivity index (χ0v) is 15.4. The van der Waals surface area contributed by atoms with E-state index in [0.29, 0.717) is 11.2 Å². The van der Waals surface area contributed by atoms with Crippen LogP contribution in [0.3, 0.4) is 0 Å². The van der Waals surface area contributed by atoms with Gasteiger partial charge in [-0.1, -0.05) is 18.2 Å². The van der Waals surface area contributed by atoms with E-state index in [1.54, 1.807) is 36.4 Å². The van der Waals surface area contributed by atoms with E-state index >= 15 is 0 Å². The molecule has 3 N–H and O–H groups in total. The number of hydrogen-bond donors (Lipinski definition) is 3. The predicted octanol–water partition coefficient (Wildman–Crippen LogP) is 2.97. The Labute approximate surface area is 168 Å². The number of H-pyrrole nitrogens is 1. The van der Waals surface area contributed by atoms with E-state index in [2.05, 4.69) is 20.5 Å². The molecular weight excluding hydrogens is 390 g/mol. The second-order valence-electron chi connectivity index (χ2n) is 6.27. The number of hydrazone groups is 1. The van der Waals surface area contributed by atoms with Gasteiger partial charge in [0.15, 0.2) is 11.8 Å². The molecule has 0 saturated heterocycles. The van der Waals surface area contributed by atoms with Crippen LogP contribution in [0.5, 0.6) is 0 Å². The van der Waals surface area contributed by atoms with Gasteiger partial charge in [0.25, 0.3) is 11.2 Å². The van der Waals surface area contributed by atoms with E-state index in [4.69, 9.17) is 4.42 Å². The zero-order valence-electron chi connectivity index (χ0n) is 15.4. The quantitative estimate of drug-likeness (QED) is 0.254. The summed E-state index contributed by atoms with van der Waals surface area (Å²) in [6.45, 7) is 0. The standard InChI is InChI=1S/C20H15N5O5/c26-19(16-7-4-10-30-16)17(24-23-12-5-2-1-3-6-12)18-20(27)22-15-11-13(25(28)29)8-9-14(15)21-18/h1-11,19,23,26H,(H,22,27)/b24-17+/t19-/m1/s1. The lowest BCUT2D eigenvalue weighted by atomic mass is 10.1. The monoisotopic (exact) mass is 405 g/mol. The summed E-state index contributed by atoms with van der Waals surface area (Å²) in [4.78, 5) is 29.9. The molecule has 10 nitrogen and oxygen atoms in total. The van der Waals surface area contributed by atoms with Crippen molar-refractivity contribution in [3.8, 4) is 0 Å². The number of nitrogens with zero attached hydrogens (tertiary/aromatic N) is 3. The van der Waals surface area contributed by atoms with E-state index in [-0.39, 0.29) is 28.4 Å². The number of para-hydroxylation sites is 1. The van der Waals surface area contributed by atoms with Crippen LogP contribution in [0.4, 0.5) is 11.4 Å². The normalized spacial score (nSPS) is 12.6. The largest absolute Gasteiger partial charge is 0.466 e. The Morgan fingerprint density at radius 1 is 1.20 bits per heavy atom.